The molecule has 1 atom stereocenters. The number of rotatable bonds is 2. The van der Waals surface area contributed by atoms with Crippen molar-refractivity contribution in [2.24, 2.45) is 11.7 Å². The van der Waals surface area contributed by atoms with Crippen molar-refractivity contribution in [2.75, 3.05) is 18.8 Å². The highest BCUT2D eigenvalue weighted by atomic mass is 35.5. The first kappa shape index (κ1) is 13.7. The maximum atomic E-state index is 12.4. The number of piperidine rings is 1. The zero-order valence-corrected chi connectivity index (χ0v) is 11.2. The molecule has 0 aromatic heterocycles. The largest absolute Gasteiger partial charge is 0.398 e. The second-order valence-corrected chi connectivity index (χ2v) is 5.16. The second kappa shape index (κ2) is 5.48. The van der Waals surface area contributed by atoms with Crippen LogP contribution in [-0.4, -0.2) is 29.8 Å². The number of nitrogen functional groups attached to an aromatic ring is 1. The highest BCUT2D eigenvalue weighted by molar-refractivity contribution is 6.31. The van der Waals surface area contributed by atoms with Gasteiger partial charge in [-0.05, 0) is 31.0 Å². The first-order chi connectivity index (χ1) is 8.99. The van der Waals surface area contributed by atoms with Gasteiger partial charge in [-0.2, -0.15) is 0 Å². The van der Waals surface area contributed by atoms with Crippen LogP contribution in [0.2, 0.25) is 5.02 Å². The molecule has 6 heteroatoms. The van der Waals surface area contributed by atoms with Crippen molar-refractivity contribution in [1.29, 1.82) is 0 Å². The summed E-state index contributed by atoms with van der Waals surface area (Å²) < 4.78 is 0. The number of amides is 2. The van der Waals surface area contributed by atoms with Gasteiger partial charge in [-0.15, -0.1) is 0 Å². The van der Waals surface area contributed by atoms with Crippen LogP contribution in [0.25, 0.3) is 0 Å². The summed E-state index contributed by atoms with van der Waals surface area (Å²) in [4.78, 5) is 25.2. The van der Waals surface area contributed by atoms with Crippen LogP contribution < -0.4 is 11.5 Å². The van der Waals surface area contributed by atoms with E-state index in [1.54, 1.807) is 23.1 Å². The predicted octanol–water partition coefficient (Wildman–Crippen LogP) is 1.26. The average molecular weight is 282 g/mol. The highest BCUT2D eigenvalue weighted by Crippen LogP contribution is 2.23. The smallest absolute Gasteiger partial charge is 0.256 e. The van der Waals surface area contributed by atoms with E-state index < -0.39 is 0 Å². The minimum atomic E-state index is -0.364. The Morgan fingerprint density at radius 1 is 1.37 bits per heavy atom. The van der Waals surface area contributed by atoms with Gasteiger partial charge in [-0.1, -0.05) is 11.6 Å². The third-order valence-electron chi connectivity index (χ3n) is 3.36. The van der Waals surface area contributed by atoms with E-state index in [9.17, 15) is 9.59 Å². The van der Waals surface area contributed by atoms with Crippen molar-refractivity contribution >= 4 is 29.1 Å². The van der Waals surface area contributed by atoms with E-state index in [0.717, 1.165) is 12.8 Å². The lowest BCUT2D eigenvalue weighted by Gasteiger charge is -2.31. The number of likely N-dealkylation sites (tertiary alicyclic amines) is 1. The lowest BCUT2D eigenvalue weighted by molar-refractivity contribution is -0.123. The number of nitrogens with zero attached hydrogens (tertiary/aromatic N) is 1. The van der Waals surface area contributed by atoms with Crippen molar-refractivity contribution in [3.8, 4) is 0 Å². The van der Waals surface area contributed by atoms with Crippen LogP contribution in [0.1, 0.15) is 23.2 Å². The number of anilines is 1. The Morgan fingerprint density at radius 3 is 2.79 bits per heavy atom. The van der Waals surface area contributed by atoms with Crippen molar-refractivity contribution in [3.05, 3.63) is 28.8 Å². The number of benzene rings is 1. The van der Waals surface area contributed by atoms with Gasteiger partial charge in [0.1, 0.15) is 0 Å². The van der Waals surface area contributed by atoms with E-state index in [2.05, 4.69) is 0 Å². The van der Waals surface area contributed by atoms with Crippen molar-refractivity contribution in [3.63, 3.8) is 0 Å². The molecule has 0 bridgehead atoms. The molecule has 0 radical (unpaired) electrons. The zero-order valence-electron chi connectivity index (χ0n) is 10.4. The van der Waals surface area contributed by atoms with Crippen LogP contribution in [0.15, 0.2) is 18.2 Å². The topological polar surface area (TPSA) is 89.4 Å². The monoisotopic (exact) mass is 281 g/mol. The van der Waals surface area contributed by atoms with Gasteiger partial charge in [-0.25, -0.2) is 0 Å². The van der Waals surface area contributed by atoms with Crippen molar-refractivity contribution < 1.29 is 9.59 Å². The second-order valence-electron chi connectivity index (χ2n) is 4.72. The number of hydrogen-bond acceptors (Lipinski definition) is 3. The number of primary amides is 1. The maximum absolute atomic E-state index is 12.4. The Kier molecular flexibility index (Phi) is 3.95. The number of hydrogen-bond donors (Lipinski definition) is 2. The Balaban J connectivity index is 2.19. The third-order valence-corrected chi connectivity index (χ3v) is 3.59. The van der Waals surface area contributed by atoms with Crippen LogP contribution in [0.4, 0.5) is 5.69 Å². The highest BCUT2D eigenvalue weighted by Gasteiger charge is 2.28. The minimum Gasteiger partial charge on any atom is -0.398 e. The number of carbonyl (C=O) groups excluding carboxylic acids is 2. The molecule has 5 nitrogen and oxygen atoms in total. The van der Waals surface area contributed by atoms with Gasteiger partial charge in [0.25, 0.3) is 5.91 Å². The normalized spacial score (nSPS) is 19.2. The molecule has 1 aromatic rings. The molecule has 2 amide bonds. The summed E-state index contributed by atoms with van der Waals surface area (Å²) in [6.45, 7) is 0.953. The molecule has 0 saturated carbocycles. The molecule has 1 heterocycles. The molecule has 102 valence electrons. The Labute approximate surface area is 116 Å². The van der Waals surface area contributed by atoms with E-state index in [0.29, 0.717) is 29.4 Å². The number of nitrogens with two attached hydrogens (primary N) is 2. The fourth-order valence-electron chi connectivity index (χ4n) is 2.28. The minimum absolute atomic E-state index is 0.203. The van der Waals surface area contributed by atoms with Crippen LogP contribution >= 0.6 is 11.6 Å². The molecule has 1 aliphatic rings. The Bertz CT molecular complexity index is 519. The zero-order chi connectivity index (χ0) is 14.0. The summed E-state index contributed by atoms with van der Waals surface area (Å²) >= 11 is 5.88. The predicted molar refractivity (Wildman–Crippen MR) is 73.7 cm³/mol. The molecule has 19 heavy (non-hydrogen) atoms. The Hall–Kier alpha value is -1.75. The van der Waals surface area contributed by atoms with Gasteiger partial charge in [-0.3, -0.25) is 9.59 Å². The summed E-state index contributed by atoms with van der Waals surface area (Å²) in [5, 5.41) is 0.459. The third kappa shape index (κ3) is 2.98. The van der Waals surface area contributed by atoms with E-state index in [4.69, 9.17) is 23.1 Å². The fraction of sp³-hybridized carbons (Fsp3) is 0.385. The molecular weight excluding hydrogens is 266 g/mol. The van der Waals surface area contributed by atoms with Gasteiger partial charge in [0.05, 0.1) is 11.5 Å². The first-order valence-corrected chi connectivity index (χ1v) is 6.50. The fourth-order valence-corrected chi connectivity index (χ4v) is 2.45. The standard InChI is InChI=1S/C13H16ClN3O2/c14-9-3-4-11(15)10(6-9)13(19)17-5-1-2-8(7-17)12(16)18/h3-4,6,8H,1-2,5,7,15H2,(H2,16,18). The summed E-state index contributed by atoms with van der Waals surface area (Å²) in [5.41, 5.74) is 11.9. The first-order valence-electron chi connectivity index (χ1n) is 6.12. The van der Waals surface area contributed by atoms with Gasteiger partial charge < -0.3 is 16.4 Å². The van der Waals surface area contributed by atoms with Crippen molar-refractivity contribution in [1.82, 2.24) is 4.90 Å². The van der Waals surface area contributed by atoms with E-state index >= 15 is 0 Å². The summed E-state index contributed by atoms with van der Waals surface area (Å²) in [7, 11) is 0. The van der Waals surface area contributed by atoms with Crippen LogP contribution in [0.3, 0.4) is 0 Å². The van der Waals surface area contributed by atoms with Gasteiger partial charge >= 0.3 is 0 Å². The SMILES string of the molecule is NC(=O)C1CCCN(C(=O)c2cc(Cl)ccc2N)C1. The van der Waals surface area contributed by atoms with Crippen LogP contribution in [0.5, 0.6) is 0 Å². The molecule has 1 aliphatic heterocycles. The lowest BCUT2D eigenvalue weighted by Crippen LogP contribution is -2.44. The van der Waals surface area contributed by atoms with E-state index in [1.807, 2.05) is 0 Å². The van der Waals surface area contributed by atoms with E-state index in [-0.39, 0.29) is 17.7 Å². The van der Waals surface area contributed by atoms with Crippen LogP contribution in [-0.2, 0) is 4.79 Å². The number of carbonyl (C=O) groups is 2. The molecule has 1 fully saturated rings. The quantitative estimate of drug-likeness (QED) is 0.800. The molecule has 1 unspecified atom stereocenters. The summed E-state index contributed by atoms with van der Waals surface area (Å²) in [5.74, 6) is -0.847. The lowest BCUT2D eigenvalue weighted by atomic mass is 9.96. The molecule has 2 rings (SSSR count). The van der Waals surface area contributed by atoms with Gasteiger partial charge in [0.2, 0.25) is 5.91 Å². The molecule has 1 aromatic carbocycles. The molecule has 0 aliphatic carbocycles. The van der Waals surface area contributed by atoms with Gasteiger partial charge in [0.15, 0.2) is 0 Å². The number of halogens is 1. The molecule has 1 saturated heterocycles. The Morgan fingerprint density at radius 2 is 2.11 bits per heavy atom. The van der Waals surface area contributed by atoms with E-state index in [1.165, 1.54) is 0 Å². The maximum Gasteiger partial charge on any atom is 0.256 e. The summed E-state index contributed by atoms with van der Waals surface area (Å²) in [6.07, 6.45) is 1.49. The molecule has 0 spiro atoms. The average Bonchev–Trinajstić information content (AvgIpc) is 2.41. The summed E-state index contributed by atoms with van der Waals surface area (Å²) in [6, 6.07) is 4.79. The molecule has 4 N–H and O–H groups in total. The van der Waals surface area contributed by atoms with Gasteiger partial charge in [0, 0.05) is 23.8 Å². The van der Waals surface area contributed by atoms with Crippen LogP contribution in [0, 0.1) is 5.92 Å². The van der Waals surface area contributed by atoms with Crippen molar-refractivity contribution in [2.45, 2.75) is 12.8 Å². The molecular formula is C13H16ClN3O2.